The Hall–Kier alpha value is -2.35. The minimum Gasteiger partial charge on any atom is -0.352 e. The summed E-state index contributed by atoms with van der Waals surface area (Å²) in [6, 6.07) is 18.3. The predicted molar refractivity (Wildman–Crippen MR) is 79.3 cm³/mol. The molecule has 0 unspecified atom stereocenters. The van der Waals surface area contributed by atoms with E-state index in [1.807, 2.05) is 30.3 Å². The minimum absolute atomic E-state index is 0.00905. The predicted octanol–water partition coefficient (Wildman–Crippen LogP) is 3.49. The van der Waals surface area contributed by atoms with Gasteiger partial charge in [0.15, 0.2) is 0 Å². The average molecular weight is 251 g/mol. The van der Waals surface area contributed by atoms with Crippen molar-refractivity contribution in [1.29, 1.82) is 0 Å². The van der Waals surface area contributed by atoms with E-state index in [4.69, 9.17) is 0 Å². The highest BCUT2D eigenvalue weighted by atomic mass is 16.1. The Morgan fingerprint density at radius 3 is 2.42 bits per heavy atom. The van der Waals surface area contributed by atoms with E-state index in [0.717, 1.165) is 11.1 Å². The zero-order chi connectivity index (χ0) is 13.5. The highest BCUT2D eigenvalue weighted by Gasteiger charge is 1.95. The van der Waals surface area contributed by atoms with Gasteiger partial charge in [-0.05, 0) is 22.8 Å². The number of nitrogens with one attached hydrogen (secondary N) is 1. The molecule has 2 aromatic carbocycles. The first-order valence-corrected chi connectivity index (χ1v) is 6.30. The van der Waals surface area contributed by atoms with E-state index in [0.29, 0.717) is 6.54 Å². The van der Waals surface area contributed by atoms with Gasteiger partial charge in [-0.2, -0.15) is 0 Å². The lowest BCUT2D eigenvalue weighted by molar-refractivity contribution is -0.119. The zero-order valence-electron chi connectivity index (χ0n) is 11.0. The Labute approximate surface area is 113 Å². The molecule has 0 fully saturated rings. The van der Waals surface area contributed by atoms with E-state index in [9.17, 15) is 4.79 Å². The molecule has 2 rings (SSSR count). The van der Waals surface area contributed by atoms with Crippen LogP contribution in [-0.2, 0) is 11.3 Å². The molecule has 2 heteroatoms. The first-order chi connectivity index (χ1) is 9.24. The van der Waals surface area contributed by atoms with Gasteiger partial charge in [-0.25, -0.2) is 0 Å². The van der Waals surface area contributed by atoms with Crippen LogP contribution < -0.4 is 5.32 Å². The highest BCUT2D eigenvalue weighted by molar-refractivity contribution is 5.73. The smallest absolute Gasteiger partial charge is 0.217 e. The van der Waals surface area contributed by atoms with Crippen molar-refractivity contribution in [2.24, 2.45) is 0 Å². The van der Waals surface area contributed by atoms with Crippen molar-refractivity contribution in [2.45, 2.75) is 13.5 Å². The Balaban J connectivity index is 2.06. The van der Waals surface area contributed by atoms with Gasteiger partial charge in [0.1, 0.15) is 0 Å². The summed E-state index contributed by atoms with van der Waals surface area (Å²) in [5.74, 6) is -0.00905. The molecule has 0 aliphatic rings. The van der Waals surface area contributed by atoms with Crippen molar-refractivity contribution in [1.82, 2.24) is 5.32 Å². The number of benzene rings is 2. The van der Waals surface area contributed by atoms with E-state index in [1.54, 1.807) is 0 Å². The maximum absolute atomic E-state index is 10.9. The van der Waals surface area contributed by atoms with Crippen molar-refractivity contribution in [3.05, 3.63) is 71.3 Å². The number of hydrogen-bond donors (Lipinski definition) is 1. The van der Waals surface area contributed by atoms with Gasteiger partial charge in [0.25, 0.3) is 0 Å². The van der Waals surface area contributed by atoms with Crippen LogP contribution in [0, 0.1) is 0 Å². The van der Waals surface area contributed by atoms with Gasteiger partial charge in [-0.15, -0.1) is 0 Å². The number of amides is 1. The molecule has 0 saturated carbocycles. The van der Waals surface area contributed by atoms with Gasteiger partial charge in [-0.1, -0.05) is 60.7 Å². The number of rotatable bonds is 4. The number of hydrogen-bond acceptors (Lipinski definition) is 1. The van der Waals surface area contributed by atoms with Gasteiger partial charge in [0.2, 0.25) is 5.91 Å². The topological polar surface area (TPSA) is 29.1 Å². The van der Waals surface area contributed by atoms with Crippen LogP contribution in [0.15, 0.2) is 54.6 Å². The maximum atomic E-state index is 10.9. The van der Waals surface area contributed by atoms with E-state index in [2.05, 4.69) is 41.7 Å². The molecule has 2 nitrogen and oxygen atoms in total. The third kappa shape index (κ3) is 4.43. The van der Waals surface area contributed by atoms with Gasteiger partial charge < -0.3 is 5.32 Å². The summed E-state index contributed by atoms with van der Waals surface area (Å²) in [5, 5.41) is 2.80. The van der Waals surface area contributed by atoms with Crippen molar-refractivity contribution in [3.8, 4) is 0 Å². The Morgan fingerprint density at radius 1 is 1.00 bits per heavy atom. The molecule has 1 amide bonds. The lowest BCUT2D eigenvalue weighted by atomic mass is 10.1. The molecule has 0 heterocycles. The van der Waals surface area contributed by atoms with Crippen LogP contribution in [0.2, 0.25) is 0 Å². The van der Waals surface area contributed by atoms with Gasteiger partial charge in [0, 0.05) is 13.5 Å². The molecule has 0 atom stereocenters. The molecule has 1 N–H and O–H groups in total. The standard InChI is InChI=1S/C17H17NO/c1-14(19)18-13-17-9-5-8-16(12-17)11-10-15-6-3-2-4-7-15/h2-12H,13H2,1H3,(H,18,19). The molecular weight excluding hydrogens is 234 g/mol. The van der Waals surface area contributed by atoms with Crippen LogP contribution in [0.25, 0.3) is 12.2 Å². The molecule has 96 valence electrons. The third-order valence-electron chi connectivity index (χ3n) is 2.76. The summed E-state index contributed by atoms with van der Waals surface area (Å²) in [4.78, 5) is 10.9. The van der Waals surface area contributed by atoms with Gasteiger partial charge in [-0.3, -0.25) is 4.79 Å². The van der Waals surface area contributed by atoms with Gasteiger partial charge >= 0.3 is 0 Å². The summed E-state index contributed by atoms with van der Waals surface area (Å²) in [5.41, 5.74) is 3.41. The molecule has 0 aliphatic carbocycles. The molecule has 0 bridgehead atoms. The minimum atomic E-state index is -0.00905. The van der Waals surface area contributed by atoms with Crippen LogP contribution in [0.1, 0.15) is 23.6 Å². The fraction of sp³-hybridized carbons (Fsp3) is 0.118. The van der Waals surface area contributed by atoms with Crippen molar-refractivity contribution >= 4 is 18.1 Å². The van der Waals surface area contributed by atoms with Crippen LogP contribution in [0.4, 0.5) is 0 Å². The fourth-order valence-corrected chi connectivity index (χ4v) is 1.79. The molecule has 19 heavy (non-hydrogen) atoms. The summed E-state index contributed by atoms with van der Waals surface area (Å²) >= 11 is 0. The number of carbonyl (C=O) groups is 1. The van der Waals surface area contributed by atoms with Crippen LogP contribution in [0.5, 0.6) is 0 Å². The third-order valence-corrected chi connectivity index (χ3v) is 2.76. The molecular formula is C17H17NO. The zero-order valence-corrected chi connectivity index (χ0v) is 11.0. The molecule has 0 spiro atoms. The van der Waals surface area contributed by atoms with E-state index in [-0.39, 0.29) is 5.91 Å². The molecule has 0 aliphatic heterocycles. The number of carbonyl (C=O) groups excluding carboxylic acids is 1. The van der Waals surface area contributed by atoms with Crippen molar-refractivity contribution in [2.75, 3.05) is 0 Å². The first-order valence-electron chi connectivity index (χ1n) is 6.30. The summed E-state index contributed by atoms with van der Waals surface area (Å²) in [6.45, 7) is 2.10. The van der Waals surface area contributed by atoms with Crippen LogP contribution in [-0.4, -0.2) is 5.91 Å². The lowest BCUT2D eigenvalue weighted by Gasteiger charge is -2.03. The Bertz CT molecular complexity index is 573. The normalized spacial score (nSPS) is 10.6. The molecule has 2 aromatic rings. The fourth-order valence-electron chi connectivity index (χ4n) is 1.79. The largest absolute Gasteiger partial charge is 0.352 e. The van der Waals surface area contributed by atoms with E-state index in [1.165, 1.54) is 12.5 Å². The molecule has 0 aromatic heterocycles. The van der Waals surface area contributed by atoms with Crippen molar-refractivity contribution in [3.63, 3.8) is 0 Å². The van der Waals surface area contributed by atoms with E-state index < -0.39 is 0 Å². The molecule has 0 saturated heterocycles. The quantitative estimate of drug-likeness (QED) is 0.828. The molecule has 0 radical (unpaired) electrons. The maximum Gasteiger partial charge on any atom is 0.217 e. The van der Waals surface area contributed by atoms with Crippen LogP contribution >= 0.6 is 0 Å². The second-order valence-corrected chi connectivity index (χ2v) is 4.40. The second-order valence-electron chi connectivity index (χ2n) is 4.40. The summed E-state index contributed by atoms with van der Waals surface area (Å²) < 4.78 is 0. The summed E-state index contributed by atoms with van der Waals surface area (Å²) in [6.07, 6.45) is 4.16. The summed E-state index contributed by atoms with van der Waals surface area (Å²) in [7, 11) is 0. The second kappa shape index (κ2) is 6.55. The lowest BCUT2D eigenvalue weighted by Crippen LogP contribution is -2.18. The first kappa shape index (κ1) is 13.1. The van der Waals surface area contributed by atoms with Gasteiger partial charge in [0.05, 0.1) is 0 Å². The highest BCUT2D eigenvalue weighted by Crippen LogP contribution is 2.10. The Kier molecular flexibility index (Phi) is 4.51. The van der Waals surface area contributed by atoms with E-state index >= 15 is 0 Å². The van der Waals surface area contributed by atoms with Crippen LogP contribution in [0.3, 0.4) is 0 Å². The SMILES string of the molecule is CC(=O)NCc1cccc(C=Cc2ccccc2)c1. The Morgan fingerprint density at radius 2 is 1.68 bits per heavy atom. The monoisotopic (exact) mass is 251 g/mol. The van der Waals surface area contributed by atoms with Crippen molar-refractivity contribution < 1.29 is 4.79 Å². The average Bonchev–Trinajstić information content (AvgIpc) is 2.44.